The minimum Gasteiger partial charge on any atom is -0.480 e. The van der Waals surface area contributed by atoms with Crippen molar-refractivity contribution in [3.63, 3.8) is 0 Å². The highest BCUT2D eigenvalue weighted by atomic mass is 16.5. The maximum Gasteiger partial charge on any atom is 0.257 e. The van der Waals surface area contributed by atoms with Crippen LogP contribution in [0.15, 0.2) is 67.0 Å². The number of likely N-dealkylation sites (tertiary alicyclic amines) is 1. The van der Waals surface area contributed by atoms with Gasteiger partial charge in [0.2, 0.25) is 11.8 Å². The smallest absolute Gasteiger partial charge is 0.257 e. The molecule has 1 saturated heterocycles. The first-order chi connectivity index (χ1) is 14.2. The van der Waals surface area contributed by atoms with Crippen molar-refractivity contribution in [3.05, 3.63) is 72.6 Å². The number of carbonyl (C=O) groups excluding carboxylic acids is 1. The lowest BCUT2D eigenvalue weighted by atomic mass is 10.1. The molecule has 7 heteroatoms. The molecule has 0 saturated carbocycles. The number of carbonyl (C=O) groups is 1. The van der Waals surface area contributed by atoms with Crippen molar-refractivity contribution in [2.24, 2.45) is 0 Å². The van der Waals surface area contributed by atoms with E-state index in [2.05, 4.69) is 9.97 Å². The van der Waals surface area contributed by atoms with Crippen LogP contribution < -0.4 is 14.2 Å². The van der Waals surface area contributed by atoms with Crippen LogP contribution in [0.1, 0.15) is 16.8 Å². The van der Waals surface area contributed by atoms with E-state index >= 15 is 0 Å². The zero-order valence-electron chi connectivity index (χ0n) is 16.0. The summed E-state index contributed by atoms with van der Waals surface area (Å²) in [7, 11) is 1.53. The molecular formula is C22H21N3O4. The fourth-order valence-electron chi connectivity index (χ4n) is 3.18. The van der Waals surface area contributed by atoms with Crippen LogP contribution in [0, 0.1) is 0 Å². The van der Waals surface area contributed by atoms with Crippen LogP contribution in [0.25, 0.3) is 0 Å². The lowest BCUT2D eigenvalue weighted by Crippen LogP contribution is -2.31. The largest absolute Gasteiger partial charge is 0.480 e. The molecule has 4 rings (SSSR count). The second kappa shape index (κ2) is 8.60. The van der Waals surface area contributed by atoms with Crippen molar-refractivity contribution in [1.29, 1.82) is 0 Å². The molecule has 7 nitrogen and oxygen atoms in total. The Labute approximate surface area is 168 Å². The molecule has 2 heterocycles. The Hall–Kier alpha value is -3.61. The first-order valence-electron chi connectivity index (χ1n) is 9.37. The Morgan fingerprint density at radius 1 is 1.03 bits per heavy atom. The molecule has 0 N–H and O–H groups in total. The predicted octanol–water partition coefficient (Wildman–Crippen LogP) is 3.57. The van der Waals surface area contributed by atoms with Gasteiger partial charge in [-0.1, -0.05) is 30.3 Å². The Bertz CT molecular complexity index is 981. The third-order valence-electron chi connectivity index (χ3n) is 4.61. The number of hydrogen-bond donors (Lipinski definition) is 0. The van der Waals surface area contributed by atoms with Crippen LogP contribution >= 0.6 is 0 Å². The van der Waals surface area contributed by atoms with Crippen LogP contribution in [0.3, 0.4) is 0 Å². The fourth-order valence-corrected chi connectivity index (χ4v) is 3.18. The maximum absolute atomic E-state index is 13.1. The predicted molar refractivity (Wildman–Crippen MR) is 106 cm³/mol. The van der Waals surface area contributed by atoms with Crippen LogP contribution in [-0.2, 0) is 0 Å². The van der Waals surface area contributed by atoms with Crippen molar-refractivity contribution >= 4 is 5.91 Å². The molecule has 2 aromatic carbocycles. The molecule has 3 aromatic rings. The summed E-state index contributed by atoms with van der Waals surface area (Å²) in [5.74, 6) is 1.91. The van der Waals surface area contributed by atoms with Gasteiger partial charge in [-0.3, -0.25) is 9.78 Å². The molecule has 1 fully saturated rings. The van der Waals surface area contributed by atoms with Gasteiger partial charge in [-0.2, -0.15) is 4.98 Å². The molecule has 1 amide bonds. The van der Waals surface area contributed by atoms with Crippen LogP contribution in [0.2, 0.25) is 0 Å². The molecule has 1 unspecified atom stereocenters. The van der Waals surface area contributed by atoms with E-state index in [4.69, 9.17) is 14.2 Å². The van der Waals surface area contributed by atoms with Crippen molar-refractivity contribution in [2.45, 2.75) is 12.5 Å². The van der Waals surface area contributed by atoms with E-state index < -0.39 is 0 Å². The highest BCUT2D eigenvalue weighted by molar-refractivity contribution is 5.97. The number of aromatic nitrogens is 2. The average molecular weight is 391 g/mol. The number of ether oxygens (including phenoxy) is 3. The van der Waals surface area contributed by atoms with Gasteiger partial charge in [0.15, 0.2) is 0 Å². The van der Waals surface area contributed by atoms with E-state index in [1.807, 2.05) is 42.5 Å². The third kappa shape index (κ3) is 4.45. The summed E-state index contributed by atoms with van der Waals surface area (Å²) in [4.78, 5) is 23.1. The van der Waals surface area contributed by atoms with Gasteiger partial charge in [0.25, 0.3) is 5.91 Å². The molecule has 29 heavy (non-hydrogen) atoms. The monoisotopic (exact) mass is 391 g/mol. The Morgan fingerprint density at radius 3 is 2.62 bits per heavy atom. The second-order valence-corrected chi connectivity index (χ2v) is 6.59. The topological polar surface area (TPSA) is 73.8 Å². The van der Waals surface area contributed by atoms with Crippen molar-refractivity contribution in [2.75, 3.05) is 20.2 Å². The Kier molecular flexibility index (Phi) is 5.56. The molecular weight excluding hydrogens is 370 g/mol. The number of para-hydroxylation sites is 2. The summed E-state index contributed by atoms with van der Waals surface area (Å²) in [6, 6.07) is 16.7. The number of hydrogen-bond acceptors (Lipinski definition) is 6. The molecule has 0 spiro atoms. The van der Waals surface area contributed by atoms with Gasteiger partial charge >= 0.3 is 0 Å². The summed E-state index contributed by atoms with van der Waals surface area (Å²) < 4.78 is 16.9. The summed E-state index contributed by atoms with van der Waals surface area (Å²) in [6.45, 7) is 1.07. The van der Waals surface area contributed by atoms with Gasteiger partial charge in [0, 0.05) is 13.0 Å². The van der Waals surface area contributed by atoms with E-state index in [9.17, 15) is 4.79 Å². The van der Waals surface area contributed by atoms with Crippen molar-refractivity contribution < 1.29 is 19.0 Å². The van der Waals surface area contributed by atoms with Gasteiger partial charge < -0.3 is 19.1 Å². The van der Waals surface area contributed by atoms with E-state index in [1.54, 1.807) is 17.0 Å². The molecule has 1 atom stereocenters. The zero-order valence-corrected chi connectivity index (χ0v) is 16.0. The number of rotatable bonds is 6. The highest BCUT2D eigenvalue weighted by Crippen LogP contribution is 2.27. The van der Waals surface area contributed by atoms with Gasteiger partial charge in [-0.25, -0.2) is 0 Å². The molecule has 1 aromatic heterocycles. The van der Waals surface area contributed by atoms with Crippen LogP contribution in [0.5, 0.6) is 23.3 Å². The SMILES string of the molecule is COc1cncc(OC2CCN(C(=O)c3ccccc3Oc3ccccc3)C2)n1. The maximum atomic E-state index is 13.1. The minimum atomic E-state index is -0.150. The quantitative estimate of drug-likeness (QED) is 0.640. The molecule has 148 valence electrons. The second-order valence-electron chi connectivity index (χ2n) is 6.59. The highest BCUT2D eigenvalue weighted by Gasteiger charge is 2.30. The summed E-state index contributed by atoms with van der Waals surface area (Å²) >= 11 is 0. The zero-order chi connectivity index (χ0) is 20.1. The molecule has 0 aliphatic carbocycles. The van der Waals surface area contributed by atoms with Gasteiger partial charge in [-0.15, -0.1) is 0 Å². The van der Waals surface area contributed by atoms with E-state index in [0.717, 1.165) is 0 Å². The summed E-state index contributed by atoms with van der Waals surface area (Å²) in [5.41, 5.74) is 0.526. The molecule has 0 radical (unpaired) electrons. The van der Waals surface area contributed by atoms with E-state index in [1.165, 1.54) is 19.5 Å². The van der Waals surface area contributed by atoms with Gasteiger partial charge in [0.1, 0.15) is 17.6 Å². The Morgan fingerprint density at radius 2 is 1.79 bits per heavy atom. The molecule has 1 aliphatic heterocycles. The number of amides is 1. The van der Waals surface area contributed by atoms with E-state index in [-0.39, 0.29) is 12.0 Å². The normalized spacial score (nSPS) is 15.8. The van der Waals surface area contributed by atoms with Crippen LogP contribution in [0.4, 0.5) is 0 Å². The lowest BCUT2D eigenvalue weighted by molar-refractivity contribution is 0.0768. The van der Waals surface area contributed by atoms with Crippen molar-refractivity contribution in [3.8, 4) is 23.3 Å². The van der Waals surface area contributed by atoms with Crippen LogP contribution in [-0.4, -0.2) is 47.1 Å². The molecule has 0 bridgehead atoms. The number of methoxy groups -OCH3 is 1. The fraction of sp³-hybridized carbons (Fsp3) is 0.227. The lowest BCUT2D eigenvalue weighted by Gasteiger charge is -2.19. The minimum absolute atomic E-state index is 0.0839. The van der Waals surface area contributed by atoms with E-state index in [0.29, 0.717) is 48.3 Å². The van der Waals surface area contributed by atoms with Crippen molar-refractivity contribution in [1.82, 2.24) is 14.9 Å². The third-order valence-corrected chi connectivity index (χ3v) is 4.61. The summed E-state index contributed by atoms with van der Waals surface area (Å²) in [5, 5.41) is 0. The Balaban J connectivity index is 1.44. The standard InChI is InChI=1S/C22H21N3O4/c1-27-20-13-23-14-21(24-20)29-17-11-12-25(15-17)22(26)18-9-5-6-10-19(18)28-16-7-3-2-4-8-16/h2-10,13-14,17H,11-12,15H2,1H3. The first kappa shape index (κ1) is 18.7. The average Bonchev–Trinajstić information content (AvgIpc) is 3.23. The number of nitrogens with zero attached hydrogens (tertiary/aromatic N) is 3. The molecule has 1 aliphatic rings. The van der Waals surface area contributed by atoms with Gasteiger partial charge in [0.05, 0.1) is 31.6 Å². The first-order valence-corrected chi connectivity index (χ1v) is 9.37. The summed E-state index contributed by atoms with van der Waals surface area (Å²) in [6.07, 6.45) is 3.62. The number of benzene rings is 2. The van der Waals surface area contributed by atoms with Gasteiger partial charge in [-0.05, 0) is 24.3 Å².